The Hall–Kier alpha value is -0.940. The van der Waals surface area contributed by atoms with Crippen molar-refractivity contribution in [1.82, 2.24) is 10.1 Å². The van der Waals surface area contributed by atoms with Crippen molar-refractivity contribution in [3.05, 3.63) is 11.7 Å². The van der Waals surface area contributed by atoms with E-state index in [0.29, 0.717) is 18.2 Å². The normalized spacial score (nSPS) is 19.8. The molecule has 1 aromatic heterocycles. The second-order valence-electron chi connectivity index (χ2n) is 4.95. The number of aliphatic hydroxyl groups excluding tert-OH is 1. The number of aromatic nitrogens is 2. The van der Waals surface area contributed by atoms with Crippen molar-refractivity contribution in [2.75, 3.05) is 13.2 Å². The highest BCUT2D eigenvalue weighted by molar-refractivity contribution is 4.97. The molecule has 1 aromatic rings. The van der Waals surface area contributed by atoms with E-state index >= 15 is 0 Å². The second-order valence-corrected chi connectivity index (χ2v) is 4.95. The van der Waals surface area contributed by atoms with E-state index in [2.05, 4.69) is 10.1 Å². The van der Waals surface area contributed by atoms with Gasteiger partial charge in [0, 0.05) is 19.1 Å². The van der Waals surface area contributed by atoms with Gasteiger partial charge in [-0.05, 0) is 18.8 Å². The molecule has 96 valence electrons. The topological polar surface area (TPSA) is 68.4 Å². The van der Waals surface area contributed by atoms with Crippen LogP contribution >= 0.6 is 0 Å². The Labute approximate surface area is 101 Å². The molecule has 1 unspecified atom stereocenters. The fourth-order valence-electron chi connectivity index (χ4n) is 1.89. The summed E-state index contributed by atoms with van der Waals surface area (Å²) in [6.07, 6.45) is 1.92. The van der Waals surface area contributed by atoms with Crippen molar-refractivity contribution in [3.63, 3.8) is 0 Å². The first-order valence-corrected chi connectivity index (χ1v) is 6.25. The molecule has 1 N–H and O–H groups in total. The van der Waals surface area contributed by atoms with E-state index in [4.69, 9.17) is 9.26 Å². The Morgan fingerprint density at radius 3 is 2.71 bits per heavy atom. The third kappa shape index (κ3) is 3.26. The number of hydrogen-bond acceptors (Lipinski definition) is 5. The van der Waals surface area contributed by atoms with Crippen molar-refractivity contribution in [2.24, 2.45) is 5.92 Å². The first-order chi connectivity index (χ1) is 8.16. The molecule has 0 radical (unpaired) electrons. The summed E-state index contributed by atoms with van der Waals surface area (Å²) in [5.41, 5.74) is 0. The summed E-state index contributed by atoms with van der Waals surface area (Å²) in [6.45, 7) is 5.48. The van der Waals surface area contributed by atoms with Crippen LogP contribution in [0.4, 0.5) is 0 Å². The van der Waals surface area contributed by atoms with E-state index in [1.54, 1.807) is 0 Å². The van der Waals surface area contributed by atoms with Gasteiger partial charge in [0.15, 0.2) is 5.82 Å². The van der Waals surface area contributed by atoms with Crippen LogP contribution in [0.3, 0.4) is 0 Å². The molecule has 17 heavy (non-hydrogen) atoms. The molecule has 1 aliphatic heterocycles. The third-order valence-corrected chi connectivity index (χ3v) is 3.22. The van der Waals surface area contributed by atoms with Crippen molar-refractivity contribution in [1.29, 1.82) is 0 Å². The molecular formula is C12H20N2O3. The number of nitrogens with zero attached hydrogens (tertiary/aromatic N) is 2. The Balaban J connectivity index is 1.95. The Bertz CT molecular complexity index is 345. The van der Waals surface area contributed by atoms with Crippen molar-refractivity contribution < 1.29 is 14.4 Å². The maximum Gasteiger partial charge on any atom is 0.229 e. The largest absolute Gasteiger partial charge is 0.392 e. The minimum Gasteiger partial charge on any atom is -0.392 e. The minimum atomic E-state index is -0.419. The highest BCUT2D eigenvalue weighted by Crippen LogP contribution is 2.24. The average molecular weight is 240 g/mol. The summed E-state index contributed by atoms with van der Waals surface area (Å²) in [5, 5.41) is 13.8. The molecule has 1 saturated heterocycles. The molecule has 5 heteroatoms. The zero-order chi connectivity index (χ0) is 12.3. The van der Waals surface area contributed by atoms with Crippen LogP contribution in [-0.4, -0.2) is 34.6 Å². The number of rotatable bonds is 4. The summed E-state index contributed by atoms with van der Waals surface area (Å²) in [5.74, 6) is 1.85. The number of aliphatic hydroxyl groups is 1. The summed E-state index contributed by atoms with van der Waals surface area (Å²) < 4.78 is 10.5. The first-order valence-electron chi connectivity index (χ1n) is 6.25. The van der Waals surface area contributed by atoms with Gasteiger partial charge in [0.05, 0.1) is 12.5 Å². The van der Waals surface area contributed by atoms with Gasteiger partial charge < -0.3 is 14.4 Å². The second kappa shape index (κ2) is 5.60. The van der Waals surface area contributed by atoms with Gasteiger partial charge in [0.25, 0.3) is 0 Å². The molecule has 1 aliphatic rings. The summed E-state index contributed by atoms with van der Waals surface area (Å²) >= 11 is 0. The number of ether oxygens (including phenoxy) is 1. The molecule has 5 nitrogen and oxygen atoms in total. The molecule has 0 spiro atoms. The van der Waals surface area contributed by atoms with Crippen molar-refractivity contribution in [3.8, 4) is 0 Å². The van der Waals surface area contributed by atoms with Gasteiger partial charge >= 0.3 is 0 Å². The highest BCUT2D eigenvalue weighted by atomic mass is 16.5. The van der Waals surface area contributed by atoms with Gasteiger partial charge in [-0.15, -0.1) is 0 Å². The number of hydrogen-bond donors (Lipinski definition) is 1. The van der Waals surface area contributed by atoms with E-state index in [1.807, 2.05) is 13.8 Å². The van der Waals surface area contributed by atoms with E-state index in [9.17, 15) is 5.11 Å². The zero-order valence-corrected chi connectivity index (χ0v) is 10.4. The predicted octanol–water partition coefficient (Wildman–Crippen LogP) is 1.52. The molecule has 0 aromatic carbocycles. The van der Waals surface area contributed by atoms with Gasteiger partial charge in [-0.2, -0.15) is 4.98 Å². The highest BCUT2D eigenvalue weighted by Gasteiger charge is 2.22. The standard InChI is InChI=1S/C12H20N2O3/c1-8(2)10(15)7-11-13-12(14-17-11)9-3-5-16-6-4-9/h8-10,15H,3-7H2,1-2H3. The quantitative estimate of drug-likeness (QED) is 0.864. The van der Waals surface area contributed by atoms with Crippen LogP contribution in [0.25, 0.3) is 0 Å². The van der Waals surface area contributed by atoms with Crippen molar-refractivity contribution >= 4 is 0 Å². The van der Waals surface area contributed by atoms with Gasteiger partial charge in [0.2, 0.25) is 5.89 Å². The van der Waals surface area contributed by atoms with E-state index in [1.165, 1.54) is 0 Å². The van der Waals surface area contributed by atoms with E-state index in [-0.39, 0.29) is 5.92 Å². The van der Waals surface area contributed by atoms with Gasteiger partial charge in [-0.3, -0.25) is 0 Å². The molecule has 0 aliphatic carbocycles. The maximum atomic E-state index is 9.75. The van der Waals surface area contributed by atoms with Crippen LogP contribution < -0.4 is 0 Å². The lowest BCUT2D eigenvalue weighted by molar-refractivity contribution is 0.0830. The fraction of sp³-hybridized carbons (Fsp3) is 0.833. The molecule has 1 fully saturated rings. The third-order valence-electron chi connectivity index (χ3n) is 3.22. The lowest BCUT2D eigenvalue weighted by atomic mass is 10.00. The van der Waals surface area contributed by atoms with E-state index < -0.39 is 6.10 Å². The summed E-state index contributed by atoms with van der Waals surface area (Å²) in [4.78, 5) is 4.36. The smallest absolute Gasteiger partial charge is 0.229 e. The van der Waals surface area contributed by atoms with Crippen LogP contribution in [0.1, 0.15) is 44.3 Å². The molecule has 0 amide bonds. The zero-order valence-electron chi connectivity index (χ0n) is 10.4. The molecular weight excluding hydrogens is 220 g/mol. The van der Waals surface area contributed by atoms with Gasteiger partial charge in [-0.25, -0.2) is 0 Å². The Morgan fingerprint density at radius 2 is 2.06 bits per heavy atom. The maximum absolute atomic E-state index is 9.75. The van der Waals surface area contributed by atoms with Crippen molar-refractivity contribution in [2.45, 2.75) is 45.1 Å². The summed E-state index contributed by atoms with van der Waals surface area (Å²) in [7, 11) is 0. The minimum absolute atomic E-state index is 0.202. The van der Waals surface area contributed by atoms with Gasteiger partial charge in [-0.1, -0.05) is 19.0 Å². The average Bonchev–Trinajstić information content (AvgIpc) is 2.78. The molecule has 0 bridgehead atoms. The Morgan fingerprint density at radius 1 is 1.35 bits per heavy atom. The monoisotopic (exact) mass is 240 g/mol. The molecule has 1 atom stereocenters. The lowest BCUT2D eigenvalue weighted by Gasteiger charge is -2.18. The molecule has 2 heterocycles. The Kier molecular flexibility index (Phi) is 4.12. The first kappa shape index (κ1) is 12.5. The van der Waals surface area contributed by atoms with Crippen LogP contribution in [0.5, 0.6) is 0 Å². The van der Waals surface area contributed by atoms with Crippen LogP contribution in [-0.2, 0) is 11.2 Å². The van der Waals surface area contributed by atoms with E-state index in [0.717, 1.165) is 31.9 Å². The predicted molar refractivity (Wildman–Crippen MR) is 61.6 cm³/mol. The lowest BCUT2D eigenvalue weighted by Crippen LogP contribution is -2.18. The van der Waals surface area contributed by atoms with Crippen LogP contribution in [0, 0.1) is 5.92 Å². The molecule has 2 rings (SSSR count). The molecule has 0 saturated carbocycles. The fourth-order valence-corrected chi connectivity index (χ4v) is 1.89. The SMILES string of the molecule is CC(C)C(O)Cc1nc(C2CCOCC2)no1. The van der Waals surface area contributed by atoms with Crippen LogP contribution in [0.15, 0.2) is 4.52 Å². The van der Waals surface area contributed by atoms with Gasteiger partial charge in [0.1, 0.15) is 0 Å². The summed E-state index contributed by atoms with van der Waals surface area (Å²) in [6, 6.07) is 0. The van der Waals surface area contributed by atoms with Crippen LogP contribution in [0.2, 0.25) is 0 Å².